The van der Waals surface area contributed by atoms with Gasteiger partial charge < -0.3 is 15.0 Å². The largest absolute Gasteiger partial charge is 0.514 e. The average Bonchev–Trinajstić information content (AvgIpc) is 2.34. The Labute approximate surface area is 110 Å². The molecule has 1 aromatic rings. The highest BCUT2D eigenvalue weighted by Gasteiger charge is 2.52. The monoisotopic (exact) mass is 298 g/mol. The van der Waals surface area contributed by atoms with E-state index in [0.717, 1.165) is 4.47 Å². The summed E-state index contributed by atoms with van der Waals surface area (Å²) in [6.07, 6.45) is 0. The SMILES string of the molecule is CC1(C)OB(c2cc(Br)cc(N)n2)OC1(C)C. The molecule has 4 nitrogen and oxygen atoms in total. The molecular formula is C11H16BBrN2O2. The van der Waals surface area contributed by atoms with Crippen LogP contribution < -0.4 is 11.3 Å². The van der Waals surface area contributed by atoms with Gasteiger partial charge in [-0.25, -0.2) is 4.98 Å². The molecule has 2 heterocycles. The number of hydrogen-bond acceptors (Lipinski definition) is 4. The van der Waals surface area contributed by atoms with Crippen LogP contribution in [0.2, 0.25) is 0 Å². The van der Waals surface area contributed by atoms with Crippen LogP contribution in [0.5, 0.6) is 0 Å². The lowest BCUT2D eigenvalue weighted by atomic mass is 9.84. The van der Waals surface area contributed by atoms with Crippen molar-refractivity contribution >= 4 is 34.5 Å². The van der Waals surface area contributed by atoms with Crippen LogP contribution in [0, 0.1) is 0 Å². The Bertz CT molecular complexity index is 415. The zero-order valence-corrected chi connectivity index (χ0v) is 12.0. The van der Waals surface area contributed by atoms with Crippen molar-refractivity contribution in [1.29, 1.82) is 0 Å². The fourth-order valence-electron chi connectivity index (χ4n) is 1.62. The molecule has 0 unspecified atom stereocenters. The molecule has 0 aromatic carbocycles. The van der Waals surface area contributed by atoms with E-state index in [2.05, 4.69) is 20.9 Å². The van der Waals surface area contributed by atoms with Gasteiger partial charge in [0.15, 0.2) is 0 Å². The van der Waals surface area contributed by atoms with Crippen LogP contribution in [-0.2, 0) is 9.31 Å². The van der Waals surface area contributed by atoms with Crippen molar-refractivity contribution in [3.05, 3.63) is 16.6 Å². The van der Waals surface area contributed by atoms with Crippen LogP contribution in [0.15, 0.2) is 16.6 Å². The lowest BCUT2D eigenvalue weighted by Crippen LogP contribution is -2.41. The predicted molar refractivity (Wildman–Crippen MR) is 72.1 cm³/mol. The number of halogens is 1. The van der Waals surface area contributed by atoms with E-state index in [1.807, 2.05) is 33.8 Å². The predicted octanol–water partition coefficient (Wildman–Crippen LogP) is 1.73. The minimum absolute atomic E-state index is 0.365. The highest BCUT2D eigenvalue weighted by atomic mass is 79.9. The molecule has 1 aliphatic heterocycles. The van der Waals surface area contributed by atoms with Gasteiger partial charge in [-0.15, -0.1) is 0 Å². The highest BCUT2D eigenvalue weighted by Crippen LogP contribution is 2.36. The van der Waals surface area contributed by atoms with E-state index in [0.29, 0.717) is 11.4 Å². The van der Waals surface area contributed by atoms with Crippen molar-refractivity contribution in [1.82, 2.24) is 4.98 Å². The number of aromatic nitrogens is 1. The second-order valence-electron chi connectivity index (χ2n) is 5.22. The van der Waals surface area contributed by atoms with Gasteiger partial charge in [-0.3, -0.25) is 0 Å². The molecule has 0 atom stereocenters. The van der Waals surface area contributed by atoms with Crippen LogP contribution in [-0.4, -0.2) is 23.3 Å². The topological polar surface area (TPSA) is 57.4 Å². The van der Waals surface area contributed by atoms with E-state index in [9.17, 15) is 0 Å². The van der Waals surface area contributed by atoms with Crippen LogP contribution in [0.3, 0.4) is 0 Å². The van der Waals surface area contributed by atoms with Gasteiger partial charge >= 0.3 is 7.12 Å². The van der Waals surface area contributed by atoms with Gasteiger partial charge in [0.25, 0.3) is 0 Å². The van der Waals surface area contributed by atoms with E-state index < -0.39 is 7.12 Å². The summed E-state index contributed by atoms with van der Waals surface area (Å²) < 4.78 is 12.7. The third-order valence-electron chi connectivity index (χ3n) is 3.32. The minimum Gasteiger partial charge on any atom is -0.398 e. The van der Waals surface area contributed by atoms with Crippen LogP contribution in [0.1, 0.15) is 27.7 Å². The first-order chi connectivity index (χ1) is 7.71. The molecule has 1 aliphatic rings. The molecular weight excluding hydrogens is 283 g/mol. The number of hydrogen-bond donors (Lipinski definition) is 1. The van der Waals surface area contributed by atoms with Gasteiger partial charge in [0.05, 0.1) is 16.8 Å². The normalized spacial score (nSPS) is 21.8. The summed E-state index contributed by atoms with van der Waals surface area (Å²) in [5.74, 6) is 0.448. The van der Waals surface area contributed by atoms with E-state index in [-0.39, 0.29) is 11.2 Å². The summed E-state index contributed by atoms with van der Waals surface area (Å²) in [5.41, 5.74) is 5.67. The van der Waals surface area contributed by atoms with E-state index in [4.69, 9.17) is 15.0 Å². The third kappa shape index (κ3) is 2.34. The van der Waals surface area contributed by atoms with Gasteiger partial charge in [-0.05, 0) is 39.8 Å². The maximum absolute atomic E-state index is 5.90. The molecule has 1 saturated heterocycles. The maximum Gasteiger partial charge on any atom is 0.514 e. The molecule has 0 aliphatic carbocycles. The lowest BCUT2D eigenvalue weighted by molar-refractivity contribution is 0.00578. The van der Waals surface area contributed by atoms with Crippen molar-refractivity contribution in [2.24, 2.45) is 0 Å². The number of pyridine rings is 1. The third-order valence-corrected chi connectivity index (χ3v) is 3.78. The number of nitrogens with zero attached hydrogens (tertiary/aromatic N) is 1. The van der Waals surface area contributed by atoms with Crippen molar-refractivity contribution in [3.63, 3.8) is 0 Å². The standard InChI is InChI=1S/C11H16BBrN2O2/c1-10(2)11(3,4)17-12(16-10)8-5-7(13)6-9(14)15-8/h5-6H,1-4H3,(H2,14,15). The van der Waals surface area contributed by atoms with Crippen molar-refractivity contribution in [3.8, 4) is 0 Å². The highest BCUT2D eigenvalue weighted by molar-refractivity contribution is 9.10. The summed E-state index contributed by atoms with van der Waals surface area (Å²) in [5, 5.41) is 0. The summed E-state index contributed by atoms with van der Waals surface area (Å²) in [4.78, 5) is 4.24. The zero-order valence-electron chi connectivity index (χ0n) is 10.5. The smallest absolute Gasteiger partial charge is 0.398 e. The van der Waals surface area contributed by atoms with Crippen LogP contribution >= 0.6 is 15.9 Å². The van der Waals surface area contributed by atoms with Crippen molar-refractivity contribution in [2.45, 2.75) is 38.9 Å². The molecule has 6 heteroatoms. The van der Waals surface area contributed by atoms with Gasteiger partial charge in [0, 0.05) is 4.47 Å². The first-order valence-electron chi connectivity index (χ1n) is 5.50. The number of rotatable bonds is 1. The summed E-state index contributed by atoms with van der Waals surface area (Å²) in [6, 6.07) is 3.60. The Hall–Kier alpha value is -0.585. The molecule has 17 heavy (non-hydrogen) atoms. The van der Waals surface area contributed by atoms with Crippen molar-refractivity contribution < 1.29 is 9.31 Å². The summed E-state index contributed by atoms with van der Waals surface area (Å²) in [7, 11) is -0.472. The molecule has 0 saturated carbocycles. The van der Waals surface area contributed by atoms with Gasteiger partial charge in [-0.2, -0.15) is 0 Å². The molecule has 0 bridgehead atoms. The minimum atomic E-state index is -0.472. The Morgan fingerprint density at radius 1 is 1.18 bits per heavy atom. The Morgan fingerprint density at radius 2 is 1.71 bits per heavy atom. The van der Waals surface area contributed by atoms with Crippen molar-refractivity contribution in [2.75, 3.05) is 5.73 Å². The molecule has 0 radical (unpaired) electrons. The fourth-order valence-corrected chi connectivity index (χ4v) is 2.09. The van der Waals surface area contributed by atoms with E-state index in [1.54, 1.807) is 6.07 Å². The first-order valence-corrected chi connectivity index (χ1v) is 6.29. The molecule has 1 aromatic heterocycles. The molecule has 92 valence electrons. The second-order valence-corrected chi connectivity index (χ2v) is 6.14. The second kappa shape index (κ2) is 3.97. The van der Waals surface area contributed by atoms with E-state index >= 15 is 0 Å². The Balaban J connectivity index is 2.32. The Morgan fingerprint density at radius 3 is 2.18 bits per heavy atom. The number of nitrogen functional groups attached to an aromatic ring is 1. The molecule has 2 rings (SSSR count). The van der Waals surface area contributed by atoms with Gasteiger partial charge in [-0.1, -0.05) is 15.9 Å². The summed E-state index contributed by atoms with van der Waals surface area (Å²) >= 11 is 3.39. The molecule has 1 fully saturated rings. The summed E-state index contributed by atoms with van der Waals surface area (Å²) in [6.45, 7) is 8.03. The van der Waals surface area contributed by atoms with Gasteiger partial charge in [0.1, 0.15) is 5.82 Å². The first kappa shape index (κ1) is 12.9. The quantitative estimate of drug-likeness (QED) is 0.802. The van der Waals surface area contributed by atoms with E-state index in [1.165, 1.54) is 0 Å². The average molecular weight is 299 g/mol. The number of nitrogens with two attached hydrogens (primary N) is 1. The fraction of sp³-hybridized carbons (Fsp3) is 0.545. The van der Waals surface area contributed by atoms with Crippen LogP contribution in [0.25, 0.3) is 0 Å². The molecule has 2 N–H and O–H groups in total. The molecule has 0 amide bonds. The van der Waals surface area contributed by atoms with Crippen LogP contribution in [0.4, 0.5) is 5.82 Å². The lowest BCUT2D eigenvalue weighted by Gasteiger charge is -2.32. The number of anilines is 1. The van der Waals surface area contributed by atoms with Gasteiger partial charge in [0.2, 0.25) is 0 Å². The maximum atomic E-state index is 5.90. The molecule has 0 spiro atoms. The zero-order chi connectivity index (χ0) is 12.8. The Kier molecular flexibility index (Phi) is 3.00.